The van der Waals surface area contributed by atoms with E-state index >= 15 is 0 Å². The van der Waals surface area contributed by atoms with Crippen LogP contribution in [-0.4, -0.2) is 18.1 Å². The molecule has 0 aliphatic carbocycles. The number of nitrogens with zero attached hydrogens (tertiary/aromatic N) is 1. The summed E-state index contributed by atoms with van der Waals surface area (Å²) in [6.45, 7) is 0. The molecule has 0 N–H and O–H groups in total. The lowest BCUT2D eigenvalue weighted by molar-refractivity contribution is -0.139. The highest BCUT2D eigenvalue weighted by Gasteiger charge is 2.19. The van der Waals surface area contributed by atoms with Crippen molar-refractivity contribution in [3.63, 3.8) is 0 Å². The average molecular weight is 329 g/mol. The lowest BCUT2D eigenvalue weighted by Gasteiger charge is -2.10. The number of carbonyl (C=O) groups is 1. The van der Waals surface area contributed by atoms with Gasteiger partial charge in [0.2, 0.25) is 0 Å². The van der Waals surface area contributed by atoms with Crippen LogP contribution in [0.15, 0.2) is 10.5 Å². The summed E-state index contributed by atoms with van der Waals surface area (Å²) in [5.41, 5.74) is 0.0115. The van der Waals surface area contributed by atoms with E-state index in [9.17, 15) is 13.6 Å². The zero-order valence-electron chi connectivity index (χ0n) is 8.84. The molecule has 1 rings (SSSR count). The first-order valence-electron chi connectivity index (χ1n) is 4.58. The fraction of sp³-hybridized carbons (Fsp3) is 0.400. The number of hydrogen-bond donors (Lipinski definition) is 0. The fourth-order valence-electron chi connectivity index (χ4n) is 1.23. The maximum absolute atomic E-state index is 12.8. The summed E-state index contributed by atoms with van der Waals surface area (Å²) in [4.78, 5) is 14.8. The number of halogens is 4. The van der Waals surface area contributed by atoms with E-state index in [1.54, 1.807) is 0 Å². The molecule has 0 unspecified atom stereocenters. The first-order valence-corrected chi connectivity index (χ1v) is 5.91. The van der Waals surface area contributed by atoms with E-state index in [4.69, 9.17) is 11.6 Å². The van der Waals surface area contributed by atoms with Gasteiger partial charge in [0.15, 0.2) is 0 Å². The average Bonchev–Trinajstić information content (AvgIpc) is 2.28. The lowest BCUT2D eigenvalue weighted by atomic mass is 10.1. The maximum Gasteiger partial charge on any atom is 0.310 e. The van der Waals surface area contributed by atoms with Crippen LogP contribution in [0.25, 0.3) is 0 Å². The zero-order chi connectivity index (χ0) is 13.0. The number of rotatable bonds is 4. The molecule has 0 bridgehead atoms. The predicted octanol–water partition coefficient (Wildman–Crippen LogP) is 3.24. The molecule has 0 saturated heterocycles. The Kier molecular flexibility index (Phi) is 5.27. The second-order valence-electron chi connectivity index (χ2n) is 3.15. The minimum absolute atomic E-state index is 0.0127. The highest BCUT2D eigenvalue weighted by Crippen LogP contribution is 2.27. The Morgan fingerprint density at radius 1 is 1.65 bits per heavy atom. The SMILES string of the molecule is COC(=O)Cc1cc(Br)c(CCl)nc1C(F)F. The van der Waals surface area contributed by atoms with E-state index in [0.29, 0.717) is 10.2 Å². The molecule has 0 saturated carbocycles. The Morgan fingerprint density at radius 3 is 2.76 bits per heavy atom. The summed E-state index contributed by atoms with van der Waals surface area (Å²) >= 11 is 8.72. The van der Waals surface area contributed by atoms with Crippen molar-refractivity contribution in [1.29, 1.82) is 0 Å². The first kappa shape index (κ1) is 14.3. The van der Waals surface area contributed by atoms with E-state index in [-0.39, 0.29) is 17.9 Å². The van der Waals surface area contributed by atoms with Crippen LogP contribution in [0.1, 0.15) is 23.4 Å². The van der Waals surface area contributed by atoms with E-state index in [2.05, 4.69) is 25.7 Å². The summed E-state index contributed by atoms with van der Waals surface area (Å²) in [7, 11) is 1.19. The minimum Gasteiger partial charge on any atom is -0.469 e. The highest BCUT2D eigenvalue weighted by molar-refractivity contribution is 9.10. The molecule has 3 nitrogen and oxygen atoms in total. The molecule has 7 heteroatoms. The van der Waals surface area contributed by atoms with E-state index in [0.717, 1.165) is 0 Å². The van der Waals surface area contributed by atoms with Crippen LogP contribution >= 0.6 is 27.5 Å². The Balaban J connectivity index is 3.18. The smallest absolute Gasteiger partial charge is 0.310 e. The number of carbonyl (C=O) groups excluding carboxylic acids is 1. The van der Waals surface area contributed by atoms with Gasteiger partial charge < -0.3 is 4.74 Å². The normalized spacial score (nSPS) is 10.7. The molecule has 0 amide bonds. The minimum atomic E-state index is -2.76. The number of hydrogen-bond acceptors (Lipinski definition) is 3. The van der Waals surface area contributed by atoms with Crippen molar-refractivity contribution in [2.45, 2.75) is 18.7 Å². The summed E-state index contributed by atoms with van der Waals surface area (Å²) in [6.07, 6.45) is -3.01. The third-order valence-electron chi connectivity index (χ3n) is 2.06. The molecule has 0 radical (unpaired) electrons. The van der Waals surface area contributed by atoms with Crippen LogP contribution < -0.4 is 0 Å². The van der Waals surface area contributed by atoms with Gasteiger partial charge in [-0.05, 0) is 27.6 Å². The lowest BCUT2D eigenvalue weighted by Crippen LogP contribution is -2.10. The number of aromatic nitrogens is 1. The van der Waals surface area contributed by atoms with Crippen molar-refractivity contribution in [2.75, 3.05) is 7.11 Å². The molecule has 1 aromatic heterocycles. The van der Waals surface area contributed by atoms with Crippen LogP contribution in [0.4, 0.5) is 8.78 Å². The van der Waals surface area contributed by atoms with Gasteiger partial charge in [-0.2, -0.15) is 0 Å². The first-order chi connectivity index (χ1) is 7.99. The maximum atomic E-state index is 12.8. The van der Waals surface area contributed by atoms with Crippen LogP contribution in [0.2, 0.25) is 0 Å². The van der Waals surface area contributed by atoms with Gasteiger partial charge in [-0.15, -0.1) is 11.6 Å². The molecule has 0 aliphatic heterocycles. The van der Waals surface area contributed by atoms with Gasteiger partial charge in [-0.3, -0.25) is 4.79 Å². The van der Waals surface area contributed by atoms with Gasteiger partial charge in [0, 0.05) is 4.47 Å². The van der Waals surface area contributed by atoms with E-state index in [1.165, 1.54) is 13.2 Å². The molecule has 0 aromatic carbocycles. The molecule has 1 aromatic rings. The second-order valence-corrected chi connectivity index (χ2v) is 4.27. The quantitative estimate of drug-likeness (QED) is 0.629. The van der Waals surface area contributed by atoms with Gasteiger partial charge in [-0.25, -0.2) is 13.8 Å². The van der Waals surface area contributed by atoms with E-state index in [1.807, 2.05) is 0 Å². The van der Waals surface area contributed by atoms with Gasteiger partial charge >= 0.3 is 5.97 Å². The van der Waals surface area contributed by atoms with Crippen molar-refractivity contribution >= 4 is 33.5 Å². The Hall–Kier alpha value is -0.750. The monoisotopic (exact) mass is 327 g/mol. The topological polar surface area (TPSA) is 39.2 Å². The molecular formula is C10H9BrClF2NO2. The third-order valence-corrected chi connectivity index (χ3v) is 3.00. The molecule has 0 aliphatic rings. The number of alkyl halides is 3. The standard InChI is InChI=1S/C10H9BrClF2NO2/c1-17-8(16)3-5-2-6(11)7(4-12)15-9(5)10(13)14/h2,10H,3-4H2,1H3. The van der Waals surface area contributed by atoms with Gasteiger partial charge in [0.1, 0.15) is 5.69 Å². The molecule has 0 fully saturated rings. The van der Waals surface area contributed by atoms with Crippen molar-refractivity contribution in [2.24, 2.45) is 0 Å². The predicted molar refractivity (Wildman–Crippen MR) is 62.2 cm³/mol. The van der Waals surface area contributed by atoms with Gasteiger partial charge in [0.25, 0.3) is 6.43 Å². The van der Waals surface area contributed by atoms with Gasteiger partial charge in [0.05, 0.1) is 25.1 Å². The fourth-order valence-corrected chi connectivity index (χ4v) is 2.10. The third kappa shape index (κ3) is 3.61. The second kappa shape index (κ2) is 6.26. The number of methoxy groups -OCH3 is 1. The Bertz CT molecular complexity index is 429. The summed E-state index contributed by atoms with van der Waals surface area (Å²) < 4.78 is 30.4. The molecule has 0 spiro atoms. The van der Waals surface area contributed by atoms with Crippen LogP contribution in [0.5, 0.6) is 0 Å². The summed E-state index contributed by atoms with van der Waals surface area (Å²) in [6, 6.07) is 1.42. The van der Waals surface area contributed by atoms with Crippen LogP contribution in [-0.2, 0) is 21.8 Å². The molecule has 17 heavy (non-hydrogen) atoms. The molecule has 1 heterocycles. The number of esters is 1. The number of ether oxygens (including phenoxy) is 1. The molecule has 94 valence electrons. The molecular weight excluding hydrogens is 319 g/mol. The van der Waals surface area contributed by atoms with Gasteiger partial charge in [-0.1, -0.05) is 0 Å². The van der Waals surface area contributed by atoms with Crippen molar-refractivity contribution in [1.82, 2.24) is 4.98 Å². The summed E-state index contributed by atoms with van der Waals surface area (Å²) in [5, 5.41) is 0. The van der Waals surface area contributed by atoms with Crippen molar-refractivity contribution in [3.05, 3.63) is 27.5 Å². The van der Waals surface area contributed by atoms with Crippen LogP contribution in [0, 0.1) is 0 Å². The zero-order valence-corrected chi connectivity index (χ0v) is 11.2. The van der Waals surface area contributed by atoms with E-state index < -0.39 is 18.1 Å². The molecule has 0 atom stereocenters. The van der Waals surface area contributed by atoms with Crippen molar-refractivity contribution in [3.8, 4) is 0 Å². The largest absolute Gasteiger partial charge is 0.469 e. The van der Waals surface area contributed by atoms with Crippen LogP contribution in [0.3, 0.4) is 0 Å². The van der Waals surface area contributed by atoms with Crippen molar-refractivity contribution < 1.29 is 18.3 Å². The number of pyridine rings is 1. The Labute approximate surface area is 110 Å². The summed E-state index contributed by atoms with van der Waals surface area (Å²) in [5.74, 6) is -0.585. The Morgan fingerprint density at radius 2 is 2.29 bits per heavy atom. The highest BCUT2D eigenvalue weighted by atomic mass is 79.9.